The van der Waals surface area contributed by atoms with Crippen molar-refractivity contribution in [2.75, 3.05) is 37.6 Å². The Bertz CT molecular complexity index is 1100. The fourth-order valence-corrected chi connectivity index (χ4v) is 5.56. The van der Waals surface area contributed by atoms with Crippen LogP contribution >= 0.6 is 23.4 Å². The Morgan fingerprint density at radius 2 is 1.81 bits per heavy atom. The maximum atomic E-state index is 13.0. The largest absolute Gasteiger partial charge is 0.348 e. The molecule has 8 heteroatoms. The Kier molecular flexibility index (Phi) is 6.30. The van der Waals surface area contributed by atoms with Crippen LogP contribution in [0.2, 0.25) is 5.02 Å². The van der Waals surface area contributed by atoms with Gasteiger partial charge in [0.15, 0.2) is 0 Å². The summed E-state index contributed by atoms with van der Waals surface area (Å²) >= 11 is 8.00. The van der Waals surface area contributed by atoms with E-state index in [0.717, 1.165) is 49.1 Å². The fraction of sp³-hybridized carbons (Fsp3) is 0.292. The molecule has 1 fully saturated rings. The number of aromatic nitrogens is 2. The predicted octanol–water partition coefficient (Wildman–Crippen LogP) is 3.82. The van der Waals surface area contributed by atoms with Crippen LogP contribution in [0.1, 0.15) is 17.2 Å². The minimum Gasteiger partial charge on any atom is -0.348 e. The smallest absolute Gasteiger partial charge is 0.234 e. The van der Waals surface area contributed by atoms with E-state index in [2.05, 4.69) is 43.3 Å². The van der Waals surface area contributed by atoms with E-state index in [1.54, 1.807) is 24.2 Å². The number of halogens is 1. The molecule has 0 aliphatic carbocycles. The van der Waals surface area contributed by atoms with Crippen molar-refractivity contribution in [3.63, 3.8) is 0 Å². The topological polar surface area (TPSA) is 61.4 Å². The van der Waals surface area contributed by atoms with Crippen LogP contribution in [0, 0.1) is 0 Å². The zero-order valence-electron chi connectivity index (χ0n) is 17.6. The molecule has 1 unspecified atom stereocenters. The van der Waals surface area contributed by atoms with Crippen LogP contribution < -0.4 is 10.2 Å². The third kappa shape index (κ3) is 4.75. The summed E-state index contributed by atoms with van der Waals surface area (Å²) in [6.45, 7) is 3.62. The molecular formula is C24H24ClN5OS. The molecule has 3 aromatic rings. The average molecular weight is 466 g/mol. The molecule has 1 saturated heterocycles. The van der Waals surface area contributed by atoms with Crippen molar-refractivity contribution in [1.82, 2.24) is 20.2 Å². The van der Waals surface area contributed by atoms with E-state index in [-0.39, 0.29) is 11.9 Å². The molecule has 0 radical (unpaired) electrons. The first kappa shape index (κ1) is 21.2. The van der Waals surface area contributed by atoms with Crippen molar-refractivity contribution in [3.05, 3.63) is 77.1 Å². The lowest BCUT2D eigenvalue weighted by molar-refractivity contribution is -0.123. The SMILES string of the molecule is O=C(CN1CCN(c2ncccn2)CC1)NC1Cc2cc(Cl)ccc2Sc2ccccc21. The Labute approximate surface area is 197 Å². The van der Waals surface area contributed by atoms with E-state index in [1.807, 2.05) is 30.3 Å². The number of hydrogen-bond acceptors (Lipinski definition) is 6. The molecule has 1 atom stereocenters. The number of amides is 1. The number of carbonyl (C=O) groups is 1. The maximum absolute atomic E-state index is 13.0. The lowest BCUT2D eigenvalue weighted by Crippen LogP contribution is -2.50. The summed E-state index contributed by atoms with van der Waals surface area (Å²) in [5, 5.41) is 4.01. The van der Waals surface area contributed by atoms with Gasteiger partial charge in [0, 0.05) is 53.4 Å². The van der Waals surface area contributed by atoms with Crippen LogP contribution in [0.3, 0.4) is 0 Å². The molecule has 32 heavy (non-hydrogen) atoms. The first-order chi connectivity index (χ1) is 15.7. The van der Waals surface area contributed by atoms with E-state index in [4.69, 9.17) is 11.6 Å². The molecule has 1 N–H and O–H groups in total. The second-order valence-corrected chi connectivity index (χ2v) is 9.55. The van der Waals surface area contributed by atoms with Gasteiger partial charge in [-0.2, -0.15) is 0 Å². The highest BCUT2D eigenvalue weighted by Crippen LogP contribution is 2.41. The van der Waals surface area contributed by atoms with E-state index >= 15 is 0 Å². The summed E-state index contributed by atoms with van der Waals surface area (Å²) in [6.07, 6.45) is 4.25. The fourth-order valence-electron chi connectivity index (χ4n) is 4.25. The monoisotopic (exact) mass is 465 g/mol. The molecule has 1 aromatic heterocycles. The quantitative estimate of drug-likeness (QED) is 0.632. The zero-order chi connectivity index (χ0) is 21.9. The van der Waals surface area contributed by atoms with Gasteiger partial charge in [-0.25, -0.2) is 9.97 Å². The highest BCUT2D eigenvalue weighted by atomic mass is 35.5. The van der Waals surface area contributed by atoms with Crippen LogP contribution in [0.25, 0.3) is 0 Å². The number of nitrogens with one attached hydrogen (secondary N) is 1. The van der Waals surface area contributed by atoms with Gasteiger partial charge >= 0.3 is 0 Å². The number of benzene rings is 2. The Morgan fingerprint density at radius 3 is 2.62 bits per heavy atom. The molecule has 2 aromatic carbocycles. The first-order valence-electron chi connectivity index (χ1n) is 10.7. The minimum atomic E-state index is -0.0788. The molecule has 5 rings (SSSR count). The number of carbonyl (C=O) groups excluding carboxylic acids is 1. The zero-order valence-corrected chi connectivity index (χ0v) is 19.1. The van der Waals surface area contributed by atoms with Crippen molar-refractivity contribution in [2.24, 2.45) is 0 Å². The van der Waals surface area contributed by atoms with Crippen LogP contribution in [0.15, 0.2) is 70.7 Å². The van der Waals surface area contributed by atoms with Gasteiger partial charge < -0.3 is 10.2 Å². The number of anilines is 1. The van der Waals surface area contributed by atoms with Gasteiger partial charge in [-0.1, -0.05) is 41.6 Å². The van der Waals surface area contributed by atoms with Gasteiger partial charge in [-0.3, -0.25) is 9.69 Å². The Hall–Kier alpha value is -2.61. The average Bonchev–Trinajstić information content (AvgIpc) is 2.96. The lowest BCUT2D eigenvalue weighted by atomic mass is 9.99. The van der Waals surface area contributed by atoms with Crippen LogP contribution in [-0.2, 0) is 11.2 Å². The summed E-state index contributed by atoms with van der Waals surface area (Å²) in [4.78, 5) is 28.4. The third-order valence-corrected chi connectivity index (χ3v) is 7.32. The Balaban J connectivity index is 1.25. The van der Waals surface area contributed by atoms with Crippen LogP contribution in [-0.4, -0.2) is 53.5 Å². The maximum Gasteiger partial charge on any atom is 0.234 e. The number of fused-ring (bicyclic) bond motifs is 2. The molecular weight excluding hydrogens is 442 g/mol. The molecule has 0 spiro atoms. The van der Waals surface area contributed by atoms with Gasteiger partial charge in [-0.15, -0.1) is 0 Å². The van der Waals surface area contributed by atoms with Crippen LogP contribution in [0.4, 0.5) is 5.95 Å². The van der Waals surface area contributed by atoms with Gasteiger partial charge in [0.2, 0.25) is 11.9 Å². The lowest BCUT2D eigenvalue weighted by Gasteiger charge is -2.34. The molecule has 164 valence electrons. The van der Waals surface area contributed by atoms with Gasteiger partial charge in [0.05, 0.1) is 12.6 Å². The second kappa shape index (κ2) is 9.48. The summed E-state index contributed by atoms with van der Waals surface area (Å²) < 4.78 is 0. The van der Waals surface area contributed by atoms with Gasteiger partial charge in [-0.05, 0) is 47.9 Å². The highest BCUT2D eigenvalue weighted by molar-refractivity contribution is 7.99. The summed E-state index contributed by atoms with van der Waals surface area (Å²) in [5.74, 6) is 0.797. The minimum absolute atomic E-state index is 0.0460. The van der Waals surface area contributed by atoms with Gasteiger partial charge in [0.25, 0.3) is 0 Å². The molecule has 6 nitrogen and oxygen atoms in total. The summed E-state index contributed by atoms with van der Waals surface area (Å²) in [5.41, 5.74) is 2.32. The predicted molar refractivity (Wildman–Crippen MR) is 127 cm³/mol. The molecule has 1 amide bonds. The van der Waals surface area contributed by atoms with Crippen molar-refractivity contribution in [1.29, 1.82) is 0 Å². The molecule has 0 saturated carbocycles. The number of hydrogen-bond donors (Lipinski definition) is 1. The van der Waals surface area contributed by atoms with Crippen molar-refractivity contribution in [3.8, 4) is 0 Å². The molecule has 3 heterocycles. The van der Waals surface area contributed by atoms with Crippen molar-refractivity contribution in [2.45, 2.75) is 22.3 Å². The van der Waals surface area contributed by atoms with E-state index in [9.17, 15) is 4.79 Å². The van der Waals surface area contributed by atoms with Crippen LogP contribution in [0.5, 0.6) is 0 Å². The van der Waals surface area contributed by atoms with Gasteiger partial charge in [0.1, 0.15) is 0 Å². The number of rotatable bonds is 4. The third-order valence-electron chi connectivity index (χ3n) is 5.87. The van der Waals surface area contributed by atoms with E-state index in [1.165, 1.54) is 15.4 Å². The first-order valence-corrected chi connectivity index (χ1v) is 11.9. The number of piperazine rings is 1. The standard InChI is InChI=1S/C24H24ClN5OS/c25-18-6-7-21-17(14-18)15-20(19-4-1-2-5-22(19)32-21)28-23(31)16-29-10-12-30(13-11-29)24-26-8-3-9-27-24/h1-9,14,20H,10-13,15-16H2,(H,28,31). The van der Waals surface area contributed by atoms with Crippen molar-refractivity contribution >= 4 is 35.2 Å². The second-order valence-electron chi connectivity index (χ2n) is 8.03. The summed E-state index contributed by atoms with van der Waals surface area (Å²) in [7, 11) is 0. The number of nitrogens with zero attached hydrogens (tertiary/aromatic N) is 4. The van der Waals surface area contributed by atoms with E-state index < -0.39 is 0 Å². The molecule has 2 aliphatic rings. The molecule has 0 bridgehead atoms. The van der Waals surface area contributed by atoms with E-state index in [0.29, 0.717) is 6.54 Å². The molecule has 2 aliphatic heterocycles. The van der Waals surface area contributed by atoms with Crippen molar-refractivity contribution < 1.29 is 4.79 Å². The normalized spacial score (nSPS) is 18.4. The summed E-state index contributed by atoms with van der Waals surface area (Å²) in [6, 6.07) is 16.1. The Morgan fingerprint density at radius 1 is 1.03 bits per heavy atom. The highest BCUT2D eigenvalue weighted by Gasteiger charge is 2.26.